The molecule has 0 radical (unpaired) electrons. The van der Waals surface area contributed by atoms with Crippen molar-refractivity contribution in [2.75, 3.05) is 18.5 Å². The van der Waals surface area contributed by atoms with Crippen LogP contribution in [0.25, 0.3) is 11.3 Å². The van der Waals surface area contributed by atoms with E-state index in [4.69, 9.17) is 9.47 Å². The Kier molecular flexibility index (Phi) is 6.01. The number of nitrogens with one attached hydrogen (secondary N) is 1. The maximum atomic E-state index is 13.7. The molecule has 10 heteroatoms. The van der Waals surface area contributed by atoms with Crippen LogP contribution in [-0.2, 0) is 7.05 Å². The van der Waals surface area contributed by atoms with Gasteiger partial charge in [-0.05, 0) is 19.9 Å². The number of aryl methyl sites for hydroxylation is 1. The van der Waals surface area contributed by atoms with E-state index in [1.807, 2.05) is 13.8 Å². The first-order valence-corrected chi connectivity index (χ1v) is 8.85. The first kappa shape index (κ1) is 20.2. The van der Waals surface area contributed by atoms with Gasteiger partial charge in [0.05, 0.1) is 36.9 Å². The normalized spacial score (nSPS) is 10.7. The highest BCUT2D eigenvalue weighted by Gasteiger charge is 2.20. The summed E-state index contributed by atoms with van der Waals surface area (Å²) in [6, 6.07) is 3.13. The molecule has 29 heavy (non-hydrogen) atoms. The maximum Gasteiger partial charge on any atom is 0.276 e. The lowest BCUT2D eigenvalue weighted by Crippen LogP contribution is -2.15. The zero-order valence-electron chi connectivity index (χ0n) is 16.1. The Hall–Kier alpha value is -3.56. The Labute approximate surface area is 165 Å². The topological polar surface area (TPSA) is 91.2 Å². The van der Waals surface area contributed by atoms with Gasteiger partial charge in [-0.25, -0.2) is 13.8 Å². The van der Waals surface area contributed by atoms with Gasteiger partial charge in [-0.1, -0.05) is 0 Å². The zero-order chi connectivity index (χ0) is 21.0. The number of hydrogen-bond acceptors (Lipinski definition) is 6. The summed E-state index contributed by atoms with van der Waals surface area (Å²) in [6.45, 7) is 4.55. The summed E-state index contributed by atoms with van der Waals surface area (Å²) >= 11 is 0. The second kappa shape index (κ2) is 8.63. The van der Waals surface area contributed by atoms with Crippen LogP contribution >= 0.6 is 0 Å². The molecule has 0 saturated heterocycles. The van der Waals surface area contributed by atoms with Crippen LogP contribution in [0, 0.1) is 11.6 Å². The molecular formula is C19H19F2N5O3. The number of ether oxygens (including phenoxy) is 2. The molecule has 3 aromatic heterocycles. The minimum Gasteiger partial charge on any atom is -0.493 e. The number of nitrogens with zero attached hydrogens (tertiary/aromatic N) is 4. The highest BCUT2D eigenvalue weighted by Crippen LogP contribution is 2.32. The van der Waals surface area contributed by atoms with Gasteiger partial charge in [-0.3, -0.25) is 14.5 Å². The molecule has 0 fully saturated rings. The molecule has 152 valence electrons. The number of hydrogen-bond donors (Lipinski definition) is 1. The summed E-state index contributed by atoms with van der Waals surface area (Å²) in [6.07, 6.45) is 3.17. The van der Waals surface area contributed by atoms with E-state index in [9.17, 15) is 13.6 Å². The largest absolute Gasteiger partial charge is 0.493 e. The maximum absolute atomic E-state index is 13.7. The highest BCUT2D eigenvalue weighted by molar-refractivity contribution is 6.03. The molecule has 1 amide bonds. The molecule has 0 saturated carbocycles. The van der Waals surface area contributed by atoms with E-state index in [0.717, 1.165) is 12.4 Å². The molecule has 0 aromatic carbocycles. The second-order valence-corrected chi connectivity index (χ2v) is 5.86. The van der Waals surface area contributed by atoms with Crippen LogP contribution < -0.4 is 14.8 Å². The summed E-state index contributed by atoms with van der Waals surface area (Å²) in [5.74, 6) is -1.82. The molecule has 0 aliphatic carbocycles. The predicted molar refractivity (Wildman–Crippen MR) is 101 cm³/mol. The molecule has 3 aromatic rings. The molecule has 0 aliphatic heterocycles. The smallest absolute Gasteiger partial charge is 0.276 e. The van der Waals surface area contributed by atoms with Crippen molar-refractivity contribution in [1.82, 2.24) is 19.7 Å². The standard InChI is InChI=1S/C19H19F2N5O3/c1-4-28-16-7-17(29-5-2)23-8-11(16)15-6-14(25-26(15)3)19(27)24-18-12(20)9-22-10-13(18)21/h6-10H,4-5H2,1-3H3,(H,22,24,27). The number of amides is 1. The fourth-order valence-corrected chi connectivity index (χ4v) is 2.65. The van der Waals surface area contributed by atoms with Crippen LogP contribution in [0.3, 0.4) is 0 Å². The number of anilines is 1. The lowest BCUT2D eigenvalue weighted by molar-refractivity contribution is 0.102. The van der Waals surface area contributed by atoms with Gasteiger partial charge in [0.1, 0.15) is 11.4 Å². The average Bonchev–Trinajstić information content (AvgIpc) is 3.07. The van der Waals surface area contributed by atoms with Crippen LogP contribution in [0.4, 0.5) is 14.5 Å². The summed E-state index contributed by atoms with van der Waals surface area (Å²) < 4.78 is 40.0. The van der Waals surface area contributed by atoms with Gasteiger partial charge < -0.3 is 14.8 Å². The molecule has 3 rings (SSSR count). The second-order valence-electron chi connectivity index (χ2n) is 5.86. The Morgan fingerprint density at radius 2 is 1.79 bits per heavy atom. The Balaban J connectivity index is 1.93. The van der Waals surface area contributed by atoms with Gasteiger partial charge in [0, 0.05) is 19.3 Å². The molecule has 0 bridgehead atoms. The van der Waals surface area contributed by atoms with Gasteiger partial charge >= 0.3 is 0 Å². The Bertz CT molecular complexity index is 1020. The van der Waals surface area contributed by atoms with E-state index in [2.05, 4.69) is 20.4 Å². The summed E-state index contributed by atoms with van der Waals surface area (Å²) in [5, 5.41) is 6.31. The predicted octanol–water partition coefficient (Wildman–Crippen LogP) is 3.21. The van der Waals surface area contributed by atoms with Crippen molar-refractivity contribution in [3.05, 3.63) is 48.1 Å². The fraction of sp³-hybridized carbons (Fsp3) is 0.263. The fourth-order valence-electron chi connectivity index (χ4n) is 2.65. The summed E-state index contributed by atoms with van der Waals surface area (Å²) in [5.41, 5.74) is 0.500. The van der Waals surface area contributed by atoms with Gasteiger partial charge in [0.2, 0.25) is 5.88 Å². The number of aromatic nitrogens is 4. The minimum atomic E-state index is -0.983. The summed E-state index contributed by atoms with van der Waals surface area (Å²) in [4.78, 5) is 20.1. The molecule has 8 nitrogen and oxygen atoms in total. The molecule has 0 aliphatic rings. The molecular weight excluding hydrogens is 384 g/mol. The lowest BCUT2D eigenvalue weighted by atomic mass is 10.1. The number of carbonyl (C=O) groups excluding carboxylic acids is 1. The van der Waals surface area contributed by atoms with Gasteiger partial charge in [0.15, 0.2) is 17.3 Å². The summed E-state index contributed by atoms with van der Waals surface area (Å²) in [7, 11) is 1.63. The molecule has 0 atom stereocenters. The first-order chi connectivity index (χ1) is 13.9. The number of carbonyl (C=O) groups is 1. The van der Waals surface area contributed by atoms with Crippen molar-refractivity contribution in [1.29, 1.82) is 0 Å². The Morgan fingerprint density at radius 3 is 2.45 bits per heavy atom. The number of rotatable bonds is 7. The molecule has 3 heterocycles. The third-order valence-corrected chi connectivity index (χ3v) is 3.91. The van der Waals surface area contributed by atoms with Crippen molar-refractivity contribution < 1.29 is 23.0 Å². The van der Waals surface area contributed by atoms with Crippen LogP contribution in [-0.4, -0.2) is 38.9 Å². The monoisotopic (exact) mass is 403 g/mol. The lowest BCUT2D eigenvalue weighted by Gasteiger charge is -2.11. The van der Waals surface area contributed by atoms with E-state index in [-0.39, 0.29) is 5.69 Å². The van der Waals surface area contributed by atoms with Crippen LogP contribution in [0.15, 0.2) is 30.7 Å². The van der Waals surface area contributed by atoms with Gasteiger partial charge in [-0.15, -0.1) is 0 Å². The van der Waals surface area contributed by atoms with Crippen LogP contribution in [0.1, 0.15) is 24.3 Å². The Morgan fingerprint density at radius 1 is 1.10 bits per heavy atom. The van der Waals surface area contributed by atoms with Crippen LogP contribution in [0.5, 0.6) is 11.6 Å². The van der Waals surface area contributed by atoms with E-state index in [0.29, 0.717) is 36.1 Å². The quantitative estimate of drug-likeness (QED) is 0.651. The van der Waals surface area contributed by atoms with E-state index in [1.54, 1.807) is 19.3 Å². The van der Waals surface area contributed by atoms with Crippen molar-refractivity contribution in [3.63, 3.8) is 0 Å². The third-order valence-electron chi connectivity index (χ3n) is 3.91. The third kappa shape index (κ3) is 4.31. The molecule has 1 N–H and O–H groups in total. The zero-order valence-corrected chi connectivity index (χ0v) is 16.1. The first-order valence-electron chi connectivity index (χ1n) is 8.85. The molecule has 0 unspecified atom stereocenters. The van der Waals surface area contributed by atoms with Crippen molar-refractivity contribution in [2.24, 2.45) is 7.05 Å². The van der Waals surface area contributed by atoms with Crippen molar-refractivity contribution in [3.8, 4) is 22.9 Å². The number of halogens is 2. The highest BCUT2D eigenvalue weighted by atomic mass is 19.1. The van der Waals surface area contributed by atoms with Gasteiger partial charge in [0.25, 0.3) is 5.91 Å². The average molecular weight is 403 g/mol. The minimum absolute atomic E-state index is 0.0329. The van der Waals surface area contributed by atoms with Gasteiger partial charge in [-0.2, -0.15) is 5.10 Å². The molecule has 0 spiro atoms. The SMILES string of the molecule is CCOc1cc(OCC)c(-c2cc(C(=O)Nc3c(F)cncc3F)nn2C)cn1. The van der Waals surface area contributed by atoms with E-state index < -0.39 is 23.2 Å². The van der Waals surface area contributed by atoms with Crippen molar-refractivity contribution in [2.45, 2.75) is 13.8 Å². The number of pyridine rings is 2. The van der Waals surface area contributed by atoms with E-state index >= 15 is 0 Å². The van der Waals surface area contributed by atoms with Crippen LogP contribution in [0.2, 0.25) is 0 Å². The van der Waals surface area contributed by atoms with Crippen molar-refractivity contribution >= 4 is 11.6 Å². The van der Waals surface area contributed by atoms with E-state index in [1.165, 1.54) is 10.7 Å².